The number of aromatic amines is 1. The van der Waals surface area contributed by atoms with Gasteiger partial charge in [-0.2, -0.15) is 0 Å². The largest absolute Gasteiger partial charge is 0.493 e. The second kappa shape index (κ2) is 8.98. The van der Waals surface area contributed by atoms with Crippen LogP contribution in [0.25, 0.3) is 10.2 Å². The summed E-state index contributed by atoms with van der Waals surface area (Å²) in [5, 5.41) is 0.734. The summed E-state index contributed by atoms with van der Waals surface area (Å²) in [5.41, 5.74) is 2.22. The van der Waals surface area contributed by atoms with Crippen LogP contribution < -0.4 is 15.0 Å². The SMILES string of the molecule is COc1ccc(CN2CCN(C(C)c3nc4sc(C)c(C)c4c(=O)[nH]3)CC2)cc1OC. The van der Waals surface area contributed by atoms with E-state index in [1.165, 1.54) is 5.56 Å². The normalized spacial score (nSPS) is 16.5. The number of benzene rings is 1. The van der Waals surface area contributed by atoms with Crippen molar-refractivity contribution in [2.45, 2.75) is 33.4 Å². The van der Waals surface area contributed by atoms with Gasteiger partial charge in [0, 0.05) is 37.6 Å². The molecule has 1 aliphatic rings. The van der Waals surface area contributed by atoms with Gasteiger partial charge in [-0.05, 0) is 44.0 Å². The number of aromatic nitrogens is 2. The first-order chi connectivity index (χ1) is 14.9. The smallest absolute Gasteiger partial charge is 0.259 e. The van der Waals surface area contributed by atoms with Crippen molar-refractivity contribution in [2.75, 3.05) is 40.4 Å². The van der Waals surface area contributed by atoms with Crippen molar-refractivity contribution >= 4 is 21.6 Å². The van der Waals surface area contributed by atoms with Crippen LogP contribution in [0, 0.1) is 13.8 Å². The summed E-state index contributed by atoms with van der Waals surface area (Å²) in [7, 11) is 3.31. The van der Waals surface area contributed by atoms with E-state index in [0.29, 0.717) is 0 Å². The summed E-state index contributed by atoms with van der Waals surface area (Å²) in [6.45, 7) is 10.8. The molecule has 1 aliphatic heterocycles. The standard InChI is InChI=1S/C23H30N4O3S/c1-14-16(3)31-23-20(14)22(28)24-21(25-23)15(2)27-10-8-26(9-11-27)13-17-6-7-18(29-4)19(12-17)30-5/h6-7,12,15H,8-11,13H2,1-5H3,(H,24,25,28). The Kier molecular flexibility index (Phi) is 6.31. The van der Waals surface area contributed by atoms with Gasteiger partial charge in [0.15, 0.2) is 11.5 Å². The topological polar surface area (TPSA) is 70.7 Å². The lowest BCUT2D eigenvalue weighted by Crippen LogP contribution is -2.47. The second-order valence-corrected chi connectivity index (χ2v) is 9.30. The van der Waals surface area contributed by atoms with Gasteiger partial charge in [-0.3, -0.25) is 14.6 Å². The number of hydrogen-bond acceptors (Lipinski definition) is 7. The number of thiophene rings is 1. The molecule has 0 radical (unpaired) electrons. The van der Waals surface area contributed by atoms with Crippen molar-refractivity contribution in [2.24, 2.45) is 0 Å². The Morgan fingerprint density at radius 3 is 2.52 bits per heavy atom. The summed E-state index contributed by atoms with van der Waals surface area (Å²) in [4.78, 5) is 27.3. The van der Waals surface area contributed by atoms with E-state index in [1.54, 1.807) is 25.6 Å². The minimum absolute atomic E-state index is 0.0270. The molecule has 31 heavy (non-hydrogen) atoms. The van der Waals surface area contributed by atoms with Crippen LogP contribution in [0.5, 0.6) is 11.5 Å². The first-order valence-corrected chi connectivity index (χ1v) is 11.4. The molecule has 1 saturated heterocycles. The van der Waals surface area contributed by atoms with Crippen molar-refractivity contribution < 1.29 is 9.47 Å². The molecular weight excluding hydrogens is 412 g/mol. The number of rotatable bonds is 6. The maximum absolute atomic E-state index is 12.6. The van der Waals surface area contributed by atoms with Crippen molar-refractivity contribution in [3.63, 3.8) is 0 Å². The molecular formula is C23H30N4O3S. The quantitative estimate of drug-likeness (QED) is 0.630. The van der Waals surface area contributed by atoms with Gasteiger partial charge in [0.2, 0.25) is 0 Å². The van der Waals surface area contributed by atoms with Crippen LogP contribution >= 0.6 is 11.3 Å². The van der Waals surface area contributed by atoms with E-state index in [2.05, 4.69) is 27.8 Å². The van der Waals surface area contributed by atoms with Crippen LogP contribution in [0.3, 0.4) is 0 Å². The first kappa shape index (κ1) is 21.8. The van der Waals surface area contributed by atoms with Gasteiger partial charge in [0.05, 0.1) is 25.6 Å². The minimum Gasteiger partial charge on any atom is -0.493 e. The van der Waals surface area contributed by atoms with Crippen LogP contribution in [-0.2, 0) is 6.54 Å². The number of H-pyrrole nitrogens is 1. The van der Waals surface area contributed by atoms with Gasteiger partial charge >= 0.3 is 0 Å². The Morgan fingerprint density at radius 1 is 1.13 bits per heavy atom. The van der Waals surface area contributed by atoms with Crippen molar-refractivity contribution in [1.29, 1.82) is 0 Å². The molecule has 1 unspecified atom stereocenters. The number of aryl methyl sites for hydroxylation is 2. The molecule has 4 rings (SSSR count). The average molecular weight is 443 g/mol. The van der Waals surface area contributed by atoms with Crippen LogP contribution in [-0.4, -0.2) is 60.2 Å². The predicted octanol–water partition coefficient (Wildman–Crippen LogP) is 3.50. The highest BCUT2D eigenvalue weighted by Crippen LogP contribution is 2.29. The van der Waals surface area contributed by atoms with Gasteiger partial charge in [-0.1, -0.05) is 6.07 Å². The molecule has 0 spiro atoms. The fourth-order valence-corrected chi connectivity index (χ4v) is 5.23. The Bertz CT molecular complexity index is 1130. The molecule has 2 aromatic heterocycles. The molecule has 1 aromatic carbocycles. The van der Waals surface area contributed by atoms with Crippen molar-refractivity contribution in [3.8, 4) is 11.5 Å². The minimum atomic E-state index is -0.0270. The molecule has 0 aliphatic carbocycles. The average Bonchev–Trinajstić information content (AvgIpc) is 3.07. The summed E-state index contributed by atoms with van der Waals surface area (Å²) in [5.74, 6) is 2.27. The van der Waals surface area contributed by atoms with E-state index >= 15 is 0 Å². The molecule has 3 heterocycles. The number of nitrogens with zero attached hydrogens (tertiary/aromatic N) is 3. The number of nitrogens with one attached hydrogen (secondary N) is 1. The zero-order valence-electron chi connectivity index (χ0n) is 18.8. The third-order valence-corrected chi connectivity index (χ3v) is 7.36. The van der Waals surface area contributed by atoms with Crippen LogP contribution in [0.2, 0.25) is 0 Å². The van der Waals surface area contributed by atoms with E-state index in [1.807, 2.05) is 26.0 Å². The van der Waals surface area contributed by atoms with Crippen molar-refractivity contribution in [1.82, 2.24) is 19.8 Å². The Hall–Kier alpha value is -2.42. The Labute approximate surface area is 186 Å². The lowest BCUT2D eigenvalue weighted by atomic mass is 10.1. The second-order valence-electron chi connectivity index (χ2n) is 8.09. The Balaban J connectivity index is 1.42. The summed E-state index contributed by atoms with van der Waals surface area (Å²) in [6, 6.07) is 6.16. The monoisotopic (exact) mass is 442 g/mol. The first-order valence-electron chi connectivity index (χ1n) is 10.6. The van der Waals surface area contributed by atoms with E-state index in [-0.39, 0.29) is 11.6 Å². The fraction of sp³-hybridized carbons (Fsp3) is 0.478. The van der Waals surface area contributed by atoms with E-state index in [4.69, 9.17) is 14.5 Å². The maximum atomic E-state index is 12.6. The predicted molar refractivity (Wildman–Crippen MR) is 125 cm³/mol. The maximum Gasteiger partial charge on any atom is 0.259 e. The zero-order chi connectivity index (χ0) is 22.1. The Morgan fingerprint density at radius 2 is 1.84 bits per heavy atom. The molecule has 0 saturated carbocycles. The number of hydrogen-bond donors (Lipinski definition) is 1. The highest BCUT2D eigenvalue weighted by atomic mass is 32.1. The van der Waals surface area contributed by atoms with Gasteiger partial charge in [0.1, 0.15) is 10.7 Å². The third-order valence-electron chi connectivity index (χ3n) is 6.26. The number of ether oxygens (including phenoxy) is 2. The lowest BCUT2D eigenvalue weighted by Gasteiger charge is -2.37. The summed E-state index contributed by atoms with van der Waals surface area (Å²) >= 11 is 1.60. The van der Waals surface area contributed by atoms with Crippen LogP contribution in [0.1, 0.15) is 34.8 Å². The third kappa shape index (κ3) is 4.33. The molecule has 1 fully saturated rings. The molecule has 7 nitrogen and oxygen atoms in total. The molecule has 0 amide bonds. The molecule has 1 N–H and O–H groups in total. The number of piperazine rings is 1. The van der Waals surface area contributed by atoms with Crippen molar-refractivity contribution in [3.05, 3.63) is 50.4 Å². The molecule has 0 bridgehead atoms. The van der Waals surface area contributed by atoms with Gasteiger partial charge in [-0.15, -0.1) is 11.3 Å². The number of fused-ring (bicyclic) bond motifs is 1. The van der Waals surface area contributed by atoms with Gasteiger partial charge < -0.3 is 14.5 Å². The van der Waals surface area contributed by atoms with Crippen LogP contribution in [0.15, 0.2) is 23.0 Å². The highest BCUT2D eigenvalue weighted by molar-refractivity contribution is 7.18. The highest BCUT2D eigenvalue weighted by Gasteiger charge is 2.25. The summed E-state index contributed by atoms with van der Waals surface area (Å²) in [6.07, 6.45) is 0. The van der Waals surface area contributed by atoms with E-state index < -0.39 is 0 Å². The molecule has 166 valence electrons. The zero-order valence-corrected chi connectivity index (χ0v) is 19.6. The molecule has 8 heteroatoms. The number of methoxy groups -OCH3 is 2. The van der Waals surface area contributed by atoms with E-state index in [9.17, 15) is 4.79 Å². The van der Waals surface area contributed by atoms with Crippen LogP contribution in [0.4, 0.5) is 0 Å². The van der Waals surface area contributed by atoms with Gasteiger partial charge in [-0.25, -0.2) is 4.98 Å². The van der Waals surface area contributed by atoms with E-state index in [0.717, 1.165) is 70.7 Å². The molecule has 3 aromatic rings. The lowest BCUT2D eigenvalue weighted by molar-refractivity contribution is 0.0948. The fourth-order valence-electron chi connectivity index (χ4n) is 4.19. The molecule has 1 atom stereocenters. The summed E-state index contributed by atoms with van der Waals surface area (Å²) < 4.78 is 10.8. The van der Waals surface area contributed by atoms with Gasteiger partial charge in [0.25, 0.3) is 5.56 Å².